The van der Waals surface area contributed by atoms with Crippen LogP contribution in [0.5, 0.6) is 5.75 Å². The number of methoxy groups -OCH3 is 1. The number of rotatable bonds is 4. The van der Waals surface area contributed by atoms with Gasteiger partial charge in [-0.25, -0.2) is 9.96 Å². The highest BCUT2D eigenvalue weighted by Crippen LogP contribution is 2.48. The molecule has 0 radical (unpaired) electrons. The second kappa shape index (κ2) is 8.05. The summed E-state index contributed by atoms with van der Waals surface area (Å²) >= 11 is 0. The summed E-state index contributed by atoms with van der Waals surface area (Å²) in [5.41, 5.74) is 5.18. The van der Waals surface area contributed by atoms with E-state index in [0.29, 0.717) is 11.4 Å². The third-order valence-corrected chi connectivity index (χ3v) is 6.42. The van der Waals surface area contributed by atoms with Crippen molar-refractivity contribution in [1.82, 2.24) is 0 Å². The van der Waals surface area contributed by atoms with Crippen molar-refractivity contribution >= 4 is 23.2 Å². The fourth-order valence-electron chi connectivity index (χ4n) is 5.12. The van der Waals surface area contributed by atoms with Crippen LogP contribution in [-0.4, -0.2) is 25.0 Å². The Kier molecular flexibility index (Phi) is 5.17. The second-order valence-electron chi connectivity index (χ2n) is 8.69. The highest BCUT2D eigenvalue weighted by atomic mass is 16.7. The SMILES string of the molecule is COc1cccc([C@H]2[C@H]3C(=O)N(c4c(C)cc(C)cc4C)C(=O)[C@@H]3ON2c2ccccc2)c1. The zero-order valence-electron chi connectivity index (χ0n) is 19.1. The van der Waals surface area contributed by atoms with E-state index in [1.807, 2.05) is 87.5 Å². The average Bonchev–Trinajstić information content (AvgIpc) is 3.31. The molecular weight excluding hydrogens is 416 g/mol. The van der Waals surface area contributed by atoms with Gasteiger partial charge in [0.25, 0.3) is 5.91 Å². The predicted molar refractivity (Wildman–Crippen MR) is 126 cm³/mol. The number of carbonyl (C=O) groups is 2. The molecular formula is C27H26N2O4. The van der Waals surface area contributed by atoms with Crippen LogP contribution in [0.3, 0.4) is 0 Å². The third kappa shape index (κ3) is 3.38. The monoisotopic (exact) mass is 442 g/mol. The number of carbonyl (C=O) groups excluding carboxylic acids is 2. The molecule has 6 nitrogen and oxygen atoms in total. The lowest BCUT2D eigenvalue weighted by molar-refractivity contribution is -0.126. The molecule has 2 saturated heterocycles. The van der Waals surface area contributed by atoms with Crippen LogP contribution in [0.1, 0.15) is 28.3 Å². The topological polar surface area (TPSA) is 59.1 Å². The Hall–Kier alpha value is -3.64. The van der Waals surface area contributed by atoms with Crippen LogP contribution in [0.2, 0.25) is 0 Å². The van der Waals surface area contributed by atoms with Gasteiger partial charge < -0.3 is 4.74 Å². The van der Waals surface area contributed by atoms with Crippen LogP contribution in [0, 0.1) is 26.7 Å². The number of aryl methyl sites for hydroxylation is 3. The van der Waals surface area contributed by atoms with Gasteiger partial charge in [0.15, 0.2) is 6.10 Å². The van der Waals surface area contributed by atoms with Crippen molar-refractivity contribution in [1.29, 1.82) is 0 Å². The van der Waals surface area contributed by atoms with E-state index in [4.69, 9.17) is 9.57 Å². The van der Waals surface area contributed by atoms with Crippen LogP contribution in [0.15, 0.2) is 66.7 Å². The molecule has 3 aromatic carbocycles. The molecule has 2 heterocycles. The summed E-state index contributed by atoms with van der Waals surface area (Å²) in [7, 11) is 1.61. The first-order chi connectivity index (χ1) is 15.9. The number of fused-ring (bicyclic) bond motifs is 1. The van der Waals surface area contributed by atoms with Crippen molar-refractivity contribution in [2.75, 3.05) is 17.1 Å². The lowest BCUT2D eigenvalue weighted by Crippen LogP contribution is -2.38. The number of hydrogen-bond acceptors (Lipinski definition) is 5. The molecule has 0 unspecified atom stereocenters. The number of nitrogens with zero attached hydrogens (tertiary/aromatic N) is 2. The molecule has 0 aliphatic carbocycles. The van der Waals surface area contributed by atoms with E-state index < -0.39 is 18.1 Å². The number of para-hydroxylation sites is 1. The maximum atomic E-state index is 13.9. The van der Waals surface area contributed by atoms with Gasteiger partial charge in [-0.3, -0.25) is 14.4 Å². The fourth-order valence-corrected chi connectivity index (χ4v) is 5.12. The molecule has 2 aliphatic rings. The van der Waals surface area contributed by atoms with Crippen LogP contribution in [0.25, 0.3) is 0 Å². The maximum Gasteiger partial charge on any atom is 0.266 e. The van der Waals surface area contributed by atoms with Crippen molar-refractivity contribution in [2.24, 2.45) is 5.92 Å². The minimum absolute atomic E-state index is 0.244. The number of ether oxygens (including phenoxy) is 1. The number of anilines is 2. The Bertz CT molecular complexity index is 1220. The zero-order chi connectivity index (χ0) is 23.3. The Labute approximate surface area is 193 Å². The molecule has 2 amide bonds. The summed E-state index contributed by atoms with van der Waals surface area (Å²) in [6.45, 7) is 5.87. The molecule has 0 aromatic heterocycles. The minimum atomic E-state index is -0.894. The van der Waals surface area contributed by atoms with Gasteiger partial charge in [-0.1, -0.05) is 48.0 Å². The average molecular weight is 443 g/mol. The number of imide groups is 1. The van der Waals surface area contributed by atoms with E-state index in [2.05, 4.69) is 0 Å². The largest absolute Gasteiger partial charge is 0.497 e. The highest BCUT2D eigenvalue weighted by Gasteiger charge is 2.60. The van der Waals surface area contributed by atoms with Gasteiger partial charge in [-0.2, -0.15) is 0 Å². The predicted octanol–water partition coefficient (Wildman–Crippen LogP) is 4.67. The molecule has 0 saturated carbocycles. The van der Waals surface area contributed by atoms with Crippen LogP contribution < -0.4 is 14.7 Å². The first-order valence-electron chi connectivity index (χ1n) is 11.0. The summed E-state index contributed by atoms with van der Waals surface area (Å²) in [4.78, 5) is 35.0. The normalized spacial score (nSPS) is 22.1. The molecule has 5 rings (SSSR count). The number of hydrogen-bond donors (Lipinski definition) is 0. The van der Waals surface area contributed by atoms with Crippen molar-refractivity contribution < 1.29 is 19.2 Å². The lowest BCUT2D eigenvalue weighted by Gasteiger charge is -2.29. The Morgan fingerprint density at radius 2 is 1.55 bits per heavy atom. The molecule has 2 fully saturated rings. The Morgan fingerprint density at radius 3 is 2.21 bits per heavy atom. The molecule has 0 N–H and O–H groups in total. The van der Waals surface area contributed by atoms with Crippen LogP contribution >= 0.6 is 0 Å². The van der Waals surface area contributed by atoms with E-state index in [-0.39, 0.29) is 11.8 Å². The van der Waals surface area contributed by atoms with Crippen LogP contribution in [0.4, 0.5) is 11.4 Å². The van der Waals surface area contributed by atoms with Crippen molar-refractivity contribution in [3.8, 4) is 5.75 Å². The summed E-state index contributed by atoms with van der Waals surface area (Å²) in [6.07, 6.45) is -0.894. The quantitative estimate of drug-likeness (QED) is 0.550. The second-order valence-corrected chi connectivity index (χ2v) is 8.69. The van der Waals surface area contributed by atoms with E-state index in [1.54, 1.807) is 12.2 Å². The smallest absolute Gasteiger partial charge is 0.266 e. The standard InChI is InChI=1S/C27H26N2O4/c1-16-13-17(2)23(18(3)14-16)28-26(30)22-24(19-9-8-12-21(15-19)32-4)29(33-25(22)27(28)31)20-10-6-5-7-11-20/h5-15,22,24-25H,1-4H3/t22-,24+,25-/m1/s1. The first-order valence-corrected chi connectivity index (χ1v) is 11.0. The van der Waals surface area contributed by atoms with Gasteiger partial charge in [0.1, 0.15) is 11.7 Å². The van der Waals surface area contributed by atoms with Crippen molar-refractivity contribution in [3.05, 3.63) is 89.0 Å². The minimum Gasteiger partial charge on any atom is -0.497 e. The Balaban J connectivity index is 1.62. The van der Waals surface area contributed by atoms with Gasteiger partial charge in [0.2, 0.25) is 5.91 Å². The third-order valence-electron chi connectivity index (χ3n) is 6.42. The van der Waals surface area contributed by atoms with E-state index in [1.165, 1.54) is 4.90 Å². The molecule has 6 heteroatoms. The molecule has 0 spiro atoms. The summed E-state index contributed by atoms with van der Waals surface area (Å²) in [5, 5.41) is 1.70. The van der Waals surface area contributed by atoms with E-state index in [9.17, 15) is 9.59 Å². The summed E-state index contributed by atoms with van der Waals surface area (Å²) in [6, 6.07) is 20.7. The van der Waals surface area contributed by atoms with Gasteiger partial charge in [-0.05, 0) is 61.7 Å². The highest BCUT2D eigenvalue weighted by molar-refractivity contribution is 6.24. The van der Waals surface area contributed by atoms with Crippen molar-refractivity contribution in [2.45, 2.75) is 32.9 Å². The van der Waals surface area contributed by atoms with E-state index in [0.717, 1.165) is 27.9 Å². The number of hydroxylamine groups is 1. The summed E-state index contributed by atoms with van der Waals surface area (Å²) in [5.74, 6) is -0.564. The number of benzene rings is 3. The summed E-state index contributed by atoms with van der Waals surface area (Å²) < 4.78 is 5.43. The molecule has 3 aromatic rings. The fraction of sp³-hybridized carbons (Fsp3) is 0.259. The van der Waals surface area contributed by atoms with Gasteiger partial charge in [-0.15, -0.1) is 0 Å². The van der Waals surface area contributed by atoms with E-state index >= 15 is 0 Å². The van der Waals surface area contributed by atoms with Crippen molar-refractivity contribution in [3.63, 3.8) is 0 Å². The lowest BCUT2D eigenvalue weighted by atomic mass is 9.90. The van der Waals surface area contributed by atoms with Gasteiger partial charge >= 0.3 is 0 Å². The number of amides is 2. The molecule has 2 aliphatic heterocycles. The van der Waals surface area contributed by atoms with Gasteiger partial charge in [0.05, 0.1) is 24.5 Å². The zero-order valence-corrected chi connectivity index (χ0v) is 19.1. The molecule has 3 atom stereocenters. The first kappa shape index (κ1) is 21.2. The maximum absolute atomic E-state index is 13.9. The van der Waals surface area contributed by atoms with Crippen LogP contribution in [-0.2, 0) is 14.4 Å². The Morgan fingerprint density at radius 1 is 0.848 bits per heavy atom. The molecule has 33 heavy (non-hydrogen) atoms. The molecule has 168 valence electrons. The van der Waals surface area contributed by atoms with Gasteiger partial charge in [0, 0.05) is 0 Å². The molecule has 0 bridgehead atoms.